The maximum atomic E-state index is 12.5. The van der Waals surface area contributed by atoms with Gasteiger partial charge in [0.05, 0.1) is 0 Å². The van der Waals surface area contributed by atoms with Gasteiger partial charge in [0.25, 0.3) is 5.79 Å². The molecule has 9 heteroatoms. The first-order chi connectivity index (χ1) is 13.2. The number of nitrogens with one attached hydrogen (secondary N) is 1. The van der Waals surface area contributed by atoms with E-state index in [1.54, 1.807) is 20.8 Å². The zero-order valence-electron chi connectivity index (χ0n) is 17.6. The van der Waals surface area contributed by atoms with Crippen molar-refractivity contribution in [3.05, 3.63) is 34.3 Å². The Labute approximate surface area is 182 Å². The molecule has 7 nitrogen and oxygen atoms in total. The highest BCUT2D eigenvalue weighted by atomic mass is 79.9. The molecule has 0 aromatic heterocycles. The van der Waals surface area contributed by atoms with Crippen molar-refractivity contribution >= 4 is 44.2 Å². The third-order valence-corrected chi connectivity index (χ3v) is 5.77. The highest BCUT2D eigenvalue weighted by Crippen LogP contribution is 2.29. The summed E-state index contributed by atoms with van der Waals surface area (Å²) in [4.78, 5) is 37.4. The summed E-state index contributed by atoms with van der Waals surface area (Å²) in [6.07, 6.45) is -0.0865. The number of alkyl carbamates (subject to hydrolysis) is 1. The van der Waals surface area contributed by atoms with Crippen LogP contribution in [0.4, 0.5) is 4.79 Å². The number of ether oxygens (including phenoxy) is 3. The van der Waals surface area contributed by atoms with Crippen LogP contribution in [0.3, 0.4) is 0 Å². The molecule has 0 radical (unpaired) electrons. The minimum atomic E-state index is -1.29. The smallest absolute Gasteiger partial charge is 0.407 e. The van der Waals surface area contributed by atoms with E-state index in [9.17, 15) is 14.4 Å². The van der Waals surface area contributed by atoms with Crippen molar-refractivity contribution in [1.29, 1.82) is 0 Å². The number of hydrogen-bond donors (Lipinski definition) is 1. The third-order valence-electron chi connectivity index (χ3n) is 4.23. The van der Waals surface area contributed by atoms with Crippen LogP contribution >= 0.6 is 15.9 Å². The predicted octanol–water partition coefficient (Wildman–Crippen LogP) is 2.42. The summed E-state index contributed by atoms with van der Waals surface area (Å²) < 4.78 is 16.8. The topological polar surface area (TPSA) is 90.9 Å². The molecule has 0 unspecified atom stereocenters. The van der Waals surface area contributed by atoms with Gasteiger partial charge in [-0.2, -0.15) is 0 Å². The van der Waals surface area contributed by atoms with Gasteiger partial charge in [-0.1, -0.05) is 28.1 Å². The summed E-state index contributed by atoms with van der Waals surface area (Å²) >= 11 is 3.40. The van der Waals surface area contributed by atoms with Crippen molar-refractivity contribution in [1.82, 2.24) is 5.32 Å². The van der Waals surface area contributed by atoms with Crippen LogP contribution in [0.15, 0.2) is 28.7 Å². The van der Waals surface area contributed by atoms with Gasteiger partial charge in [-0.15, -0.1) is 0 Å². The average Bonchev–Trinajstić information content (AvgIpc) is 2.50. The fourth-order valence-electron chi connectivity index (χ4n) is 3.13. The number of carbonyl (C=O) groups is 3. The number of benzene rings is 1. The summed E-state index contributed by atoms with van der Waals surface area (Å²) in [5.41, 5.74) is 0.286. The lowest BCUT2D eigenvalue weighted by atomic mass is 9.93. The molecule has 1 saturated heterocycles. The minimum Gasteiger partial charge on any atom is -0.444 e. The highest BCUT2D eigenvalue weighted by Gasteiger charge is 2.46. The van der Waals surface area contributed by atoms with Gasteiger partial charge < -0.3 is 19.5 Å². The van der Waals surface area contributed by atoms with E-state index in [-0.39, 0.29) is 6.42 Å². The zero-order valence-corrected chi connectivity index (χ0v) is 21.2. The van der Waals surface area contributed by atoms with Crippen LogP contribution in [0, 0.1) is 5.92 Å². The number of amides is 1. The Balaban J connectivity index is 2.25. The maximum Gasteiger partial charge on any atom is 0.407 e. The van der Waals surface area contributed by atoms with E-state index in [2.05, 4.69) is 21.2 Å². The third kappa shape index (κ3) is 7.15. The number of rotatable bonds is 5. The average molecular weight is 486 g/mol. The Morgan fingerprint density at radius 2 is 1.69 bits per heavy atom. The van der Waals surface area contributed by atoms with Crippen LogP contribution < -0.4 is 5.32 Å². The molecule has 0 spiro atoms. The summed E-state index contributed by atoms with van der Waals surface area (Å²) in [7, 11) is 0.455. The molecule has 1 fully saturated rings. The quantitative estimate of drug-likeness (QED) is 0.391. The second kappa shape index (κ2) is 8.47. The van der Waals surface area contributed by atoms with Gasteiger partial charge in [-0.25, -0.2) is 4.79 Å². The van der Waals surface area contributed by atoms with Crippen molar-refractivity contribution < 1.29 is 28.6 Å². The van der Waals surface area contributed by atoms with Crippen LogP contribution in [-0.4, -0.2) is 44.8 Å². The minimum absolute atomic E-state index is 0.0717. The van der Waals surface area contributed by atoms with Gasteiger partial charge in [0.1, 0.15) is 5.60 Å². The van der Waals surface area contributed by atoms with E-state index in [0.29, 0.717) is 16.7 Å². The number of esters is 2. The number of hydrogen-bond acceptors (Lipinski definition) is 6. The summed E-state index contributed by atoms with van der Waals surface area (Å²) in [5, 5.41) is 2.08. The van der Waals surface area contributed by atoms with Gasteiger partial charge in [0.15, 0.2) is 5.92 Å². The Kier molecular flexibility index (Phi) is 6.84. The molecular formula is C20H28BrNO6Si. The SMILES string of the molecule is CC(C)(C)OC(=O)N[C@@]([SiH3])(Cc1ccc(Br)cc1)CC1C(=O)OC(C)(C)OC1=O. The van der Waals surface area contributed by atoms with E-state index in [1.807, 2.05) is 24.3 Å². The molecular weight excluding hydrogens is 458 g/mol. The second-order valence-corrected chi connectivity index (χ2v) is 11.8. The van der Waals surface area contributed by atoms with Gasteiger partial charge in [-0.05, 0) is 51.3 Å². The molecule has 1 amide bonds. The van der Waals surface area contributed by atoms with Gasteiger partial charge in [-0.3, -0.25) is 9.59 Å². The van der Waals surface area contributed by atoms with Crippen LogP contribution in [0.2, 0.25) is 0 Å². The Bertz CT molecular complexity index is 769. The fraction of sp³-hybridized carbons (Fsp3) is 0.550. The fourth-order valence-corrected chi connectivity index (χ4v) is 4.42. The number of cyclic esters (lactones) is 2. The first-order valence-electron chi connectivity index (χ1n) is 9.39. The van der Waals surface area contributed by atoms with Crippen molar-refractivity contribution in [2.45, 2.75) is 64.0 Å². The highest BCUT2D eigenvalue weighted by molar-refractivity contribution is 9.10. The number of halogens is 1. The first-order valence-corrected chi connectivity index (χ1v) is 11.2. The van der Waals surface area contributed by atoms with E-state index < -0.39 is 40.5 Å². The lowest BCUT2D eigenvalue weighted by molar-refractivity contribution is -0.240. The Morgan fingerprint density at radius 3 is 2.17 bits per heavy atom. The molecule has 160 valence electrons. The van der Waals surface area contributed by atoms with Gasteiger partial charge in [0.2, 0.25) is 0 Å². The molecule has 1 aromatic carbocycles. The monoisotopic (exact) mass is 485 g/mol. The number of carbonyl (C=O) groups excluding carboxylic acids is 3. The van der Waals surface area contributed by atoms with E-state index in [0.717, 1.165) is 10.0 Å². The van der Waals surface area contributed by atoms with Gasteiger partial charge in [0, 0.05) is 33.7 Å². The summed E-state index contributed by atoms with van der Waals surface area (Å²) in [6, 6.07) is 7.65. The second-order valence-electron chi connectivity index (χ2n) is 8.99. The molecule has 1 heterocycles. The molecule has 0 bridgehead atoms. The van der Waals surface area contributed by atoms with Crippen LogP contribution in [0.25, 0.3) is 0 Å². The summed E-state index contributed by atoms with van der Waals surface area (Å²) in [6.45, 7) is 8.33. The largest absolute Gasteiger partial charge is 0.444 e. The normalized spacial score (nSPS) is 19.1. The van der Waals surface area contributed by atoms with Crippen LogP contribution in [0.1, 0.15) is 46.6 Å². The van der Waals surface area contributed by atoms with Crippen molar-refractivity contribution in [3.63, 3.8) is 0 Å². The lowest BCUT2D eigenvalue weighted by Crippen LogP contribution is -2.56. The zero-order chi connectivity index (χ0) is 22.0. The molecule has 0 aliphatic carbocycles. The molecule has 2 rings (SSSR count). The molecule has 1 N–H and O–H groups in total. The molecule has 1 aromatic rings. The van der Waals surface area contributed by atoms with Crippen LogP contribution in [-0.2, 0) is 30.2 Å². The standard InChI is InChI=1S/C20H28BrNO6Si/c1-18(2,3)28-17(25)22-20(29,10-12-6-8-13(21)9-7-12)11-14-15(23)26-19(4,5)27-16(14)24/h6-9,14H,10-11H2,1-5,29H3,(H,22,25)/t20-/m1/s1. The molecule has 0 saturated carbocycles. The molecule has 1 aliphatic heterocycles. The maximum absolute atomic E-state index is 12.5. The Morgan fingerprint density at radius 1 is 1.17 bits per heavy atom. The van der Waals surface area contributed by atoms with Gasteiger partial charge >= 0.3 is 18.0 Å². The van der Waals surface area contributed by atoms with E-state index in [4.69, 9.17) is 14.2 Å². The van der Waals surface area contributed by atoms with Crippen molar-refractivity contribution in [2.75, 3.05) is 0 Å². The Hall–Kier alpha value is -1.87. The van der Waals surface area contributed by atoms with E-state index in [1.165, 1.54) is 13.8 Å². The predicted molar refractivity (Wildman–Crippen MR) is 114 cm³/mol. The molecule has 29 heavy (non-hydrogen) atoms. The lowest BCUT2D eigenvalue weighted by Gasteiger charge is -2.38. The van der Waals surface area contributed by atoms with Crippen molar-refractivity contribution in [2.24, 2.45) is 5.92 Å². The van der Waals surface area contributed by atoms with E-state index >= 15 is 0 Å². The molecule has 1 aliphatic rings. The molecule has 1 atom stereocenters. The summed E-state index contributed by atoms with van der Waals surface area (Å²) in [5.74, 6) is -3.68. The first kappa shape index (κ1) is 23.4. The van der Waals surface area contributed by atoms with Crippen LogP contribution in [0.5, 0.6) is 0 Å². The van der Waals surface area contributed by atoms with Crippen molar-refractivity contribution in [3.8, 4) is 0 Å².